The Morgan fingerprint density at radius 3 is 2.58 bits per heavy atom. The van der Waals surface area contributed by atoms with Crippen molar-refractivity contribution in [1.29, 1.82) is 0 Å². The highest BCUT2D eigenvalue weighted by atomic mass is 16.5. The predicted octanol–water partition coefficient (Wildman–Crippen LogP) is 3.19. The molecule has 4 rings (SSSR count). The summed E-state index contributed by atoms with van der Waals surface area (Å²) in [5.74, 6) is 0.0938. The number of rotatable bonds is 8. The number of ether oxygens (including phenoxy) is 1. The molecule has 0 spiro atoms. The molecular weight excluding hydrogens is 396 g/mol. The highest BCUT2D eigenvalue weighted by Crippen LogP contribution is 2.36. The number of aromatic nitrogens is 2. The first kappa shape index (κ1) is 20.7. The van der Waals surface area contributed by atoms with Crippen molar-refractivity contribution in [2.45, 2.75) is 25.8 Å². The summed E-state index contributed by atoms with van der Waals surface area (Å²) in [6.45, 7) is 2.50. The number of hydrogen-bond acceptors (Lipinski definition) is 5. The van der Waals surface area contributed by atoms with Crippen molar-refractivity contribution in [3.63, 3.8) is 0 Å². The van der Waals surface area contributed by atoms with Gasteiger partial charge in [0.1, 0.15) is 6.04 Å². The molecule has 0 aliphatic carbocycles. The Kier molecular flexibility index (Phi) is 5.81. The van der Waals surface area contributed by atoms with Crippen LogP contribution in [0.1, 0.15) is 36.2 Å². The first-order chi connectivity index (χ1) is 15.0. The van der Waals surface area contributed by atoms with Gasteiger partial charge in [0, 0.05) is 31.5 Å². The van der Waals surface area contributed by atoms with Gasteiger partial charge in [-0.3, -0.25) is 23.9 Å². The lowest BCUT2D eigenvalue weighted by Gasteiger charge is -2.15. The van der Waals surface area contributed by atoms with Crippen LogP contribution in [0.4, 0.5) is 11.6 Å². The van der Waals surface area contributed by atoms with Crippen LogP contribution in [0.2, 0.25) is 0 Å². The second-order valence-electron chi connectivity index (χ2n) is 7.51. The lowest BCUT2D eigenvalue weighted by Crippen LogP contribution is -2.32. The van der Waals surface area contributed by atoms with E-state index >= 15 is 0 Å². The van der Waals surface area contributed by atoms with Gasteiger partial charge in [-0.25, -0.2) is 4.98 Å². The van der Waals surface area contributed by atoms with Crippen LogP contribution >= 0.6 is 0 Å². The number of carbonyl (C=O) groups excluding carboxylic acids is 3. The Morgan fingerprint density at radius 2 is 1.87 bits per heavy atom. The number of imidazole rings is 1. The Balaban J connectivity index is 1.56. The molecule has 0 unspecified atom stereocenters. The van der Waals surface area contributed by atoms with Crippen LogP contribution < -0.4 is 10.2 Å². The van der Waals surface area contributed by atoms with Gasteiger partial charge < -0.3 is 10.1 Å². The molecular formula is C23H24N4O4. The maximum atomic E-state index is 13.2. The van der Waals surface area contributed by atoms with Gasteiger partial charge >= 0.3 is 0 Å². The van der Waals surface area contributed by atoms with Crippen molar-refractivity contribution in [2.24, 2.45) is 0 Å². The van der Waals surface area contributed by atoms with Crippen LogP contribution in [0.3, 0.4) is 0 Å². The molecule has 0 saturated carbocycles. The SMILES string of the molecule is COCCCN1C(=O)[C@@H](CC(=O)Nc2ccc(C(C)=O)cc2)n2c1nc1ccccc12. The van der Waals surface area contributed by atoms with Gasteiger partial charge in [0.25, 0.3) is 5.91 Å². The van der Waals surface area contributed by atoms with E-state index in [1.165, 1.54) is 6.92 Å². The van der Waals surface area contributed by atoms with Crippen LogP contribution in [-0.2, 0) is 14.3 Å². The van der Waals surface area contributed by atoms with Gasteiger partial charge in [0.15, 0.2) is 5.78 Å². The van der Waals surface area contributed by atoms with E-state index in [2.05, 4.69) is 10.3 Å². The Labute approximate surface area is 179 Å². The van der Waals surface area contributed by atoms with Gasteiger partial charge in [0.05, 0.1) is 17.5 Å². The van der Waals surface area contributed by atoms with E-state index in [9.17, 15) is 14.4 Å². The fourth-order valence-electron chi connectivity index (χ4n) is 3.85. The third-order valence-corrected chi connectivity index (χ3v) is 5.37. The molecule has 3 aromatic rings. The topological polar surface area (TPSA) is 93.5 Å². The van der Waals surface area contributed by atoms with Crippen LogP contribution in [0, 0.1) is 0 Å². The molecule has 8 heteroatoms. The van der Waals surface area contributed by atoms with Crippen LogP contribution in [0.25, 0.3) is 11.0 Å². The van der Waals surface area contributed by atoms with Crippen molar-refractivity contribution in [3.05, 3.63) is 54.1 Å². The molecule has 31 heavy (non-hydrogen) atoms. The third-order valence-electron chi connectivity index (χ3n) is 5.37. The summed E-state index contributed by atoms with van der Waals surface area (Å²) >= 11 is 0. The number of nitrogens with one attached hydrogen (secondary N) is 1. The number of amides is 2. The quantitative estimate of drug-likeness (QED) is 0.446. The average molecular weight is 420 g/mol. The fraction of sp³-hybridized carbons (Fsp3) is 0.304. The standard InChI is InChI=1S/C23H24N4O4/c1-15(28)16-8-10-17(11-9-16)24-21(29)14-20-22(30)26(12-5-13-31-2)23-25-18-6-3-4-7-19(18)27(20)23/h3-4,6-11,20H,5,12-14H2,1-2H3,(H,24,29)/t20-/m1/s1. The molecule has 2 heterocycles. The minimum absolute atomic E-state index is 0.0125. The van der Waals surface area contributed by atoms with E-state index in [0.717, 1.165) is 11.0 Å². The van der Waals surface area contributed by atoms with Crippen molar-refractivity contribution in [1.82, 2.24) is 9.55 Å². The van der Waals surface area contributed by atoms with Crippen LogP contribution in [0.15, 0.2) is 48.5 Å². The highest BCUT2D eigenvalue weighted by Gasteiger charge is 2.40. The highest BCUT2D eigenvalue weighted by molar-refractivity contribution is 6.05. The summed E-state index contributed by atoms with van der Waals surface area (Å²) < 4.78 is 6.96. The fourth-order valence-corrected chi connectivity index (χ4v) is 3.85. The number of fused-ring (bicyclic) bond motifs is 3. The van der Waals surface area contributed by atoms with E-state index < -0.39 is 6.04 Å². The lowest BCUT2D eigenvalue weighted by molar-refractivity contribution is -0.124. The Hall–Kier alpha value is -3.52. The molecule has 1 N–H and O–H groups in total. The van der Waals surface area contributed by atoms with E-state index in [1.807, 2.05) is 28.8 Å². The van der Waals surface area contributed by atoms with Gasteiger partial charge in [0.2, 0.25) is 11.9 Å². The first-order valence-electron chi connectivity index (χ1n) is 10.2. The maximum Gasteiger partial charge on any atom is 0.253 e. The minimum atomic E-state index is -0.665. The monoisotopic (exact) mass is 420 g/mol. The molecule has 160 valence electrons. The molecule has 0 saturated heterocycles. The minimum Gasteiger partial charge on any atom is -0.385 e. The Bertz CT molecular complexity index is 1140. The van der Waals surface area contributed by atoms with Crippen LogP contribution in [-0.4, -0.2) is 47.4 Å². The number of hydrogen-bond donors (Lipinski definition) is 1. The van der Waals surface area contributed by atoms with Gasteiger partial charge in [-0.15, -0.1) is 0 Å². The maximum absolute atomic E-state index is 13.2. The molecule has 1 aliphatic rings. The summed E-state index contributed by atoms with van der Waals surface area (Å²) in [5.41, 5.74) is 2.76. The average Bonchev–Trinajstić information content (AvgIpc) is 3.24. The summed E-state index contributed by atoms with van der Waals surface area (Å²) in [6, 6.07) is 13.6. The summed E-state index contributed by atoms with van der Waals surface area (Å²) in [6.07, 6.45) is 0.661. The number of Topliss-reactive ketones (excluding diaryl/α,β-unsaturated/α-hetero) is 1. The zero-order valence-electron chi connectivity index (χ0n) is 17.5. The smallest absolute Gasteiger partial charge is 0.253 e. The number of anilines is 2. The normalized spacial score (nSPS) is 15.4. The van der Waals surface area contributed by atoms with E-state index in [4.69, 9.17) is 4.74 Å². The summed E-state index contributed by atoms with van der Waals surface area (Å²) in [5, 5.41) is 2.82. The summed E-state index contributed by atoms with van der Waals surface area (Å²) in [4.78, 5) is 43.6. The molecule has 0 radical (unpaired) electrons. The zero-order chi connectivity index (χ0) is 22.0. The lowest BCUT2D eigenvalue weighted by atomic mass is 10.1. The number of carbonyl (C=O) groups is 3. The second kappa shape index (κ2) is 8.69. The second-order valence-corrected chi connectivity index (χ2v) is 7.51. The number of nitrogens with zero attached hydrogens (tertiary/aromatic N) is 3. The number of methoxy groups -OCH3 is 1. The van der Waals surface area contributed by atoms with Crippen molar-refractivity contribution >= 4 is 40.3 Å². The molecule has 2 amide bonds. The molecule has 0 fully saturated rings. The molecule has 1 aromatic heterocycles. The van der Waals surface area contributed by atoms with Crippen molar-refractivity contribution < 1.29 is 19.1 Å². The zero-order valence-corrected chi connectivity index (χ0v) is 17.5. The van der Waals surface area contributed by atoms with Gasteiger partial charge in [-0.1, -0.05) is 12.1 Å². The number of benzene rings is 2. The largest absolute Gasteiger partial charge is 0.385 e. The molecule has 1 atom stereocenters. The number of ketones is 1. The van der Waals surface area contributed by atoms with Crippen molar-refractivity contribution in [2.75, 3.05) is 30.5 Å². The van der Waals surface area contributed by atoms with Crippen molar-refractivity contribution in [3.8, 4) is 0 Å². The molecule has 1 aliphatic heterocycles. The van der Waals surface area contributed by atoms with E-state index in [0.29, 0.717) is 36.8 Å². The van der Waals surface area contributed by atoms with Gasteiger partial charge in [-0.05, 0) is 49.7 Å². The molecule has 2 aromatic carbocycles. The van der Waals surface area contributed by atoms with E-state index in [1.54, 1.807) is 36.3 Å². The first-order valence-corrected chi connectivity index (χ1v) is 10.2. The molecule has 8 nitrogen and oxygen atoms in total. The van der Waals surface area contributed by atoms with Gasteiger partial charge in [-0.2, -0.15) is 0 Å². The van der Waals surface area contributed by atoms with E-state index in [-0.39, 0.29) is 24.0 Å². The summed E-state index contributed by atoms with van der Waals surface area (Å²) in [7, 11) is 1.62. The number of para-hydroxylation sites is 2. The predicted molar refractivity (Wildman–Crippen MR) is 117 cm³/mol. The Morgan fingerprint density at radius 1 is 1.13 bits per heavy atom. The van der Waals surface area contributed by atoms with Crippen LogP contribution in [0.5, 0.6) is 0 Å². The third kappa shape index (κ3) is 4.06. The molecule has 0 bridgehead atoms.